The van der Waals surface area contributed by atoms with Gasteiger partial charge >= 0.3 is 0 Å². The number of aromatic nitrogens is 1. The second kappa shape index (κ2) is 9.19. The van der Waals surface area contributed by atoms with Crippen LogP contribution in [0.1, 0.15) is 33.8 Å². The lowest BCUT2D eigenvalue weighted by Gasteiger charge is -2.21. The SMILES string of the molecule is COc1ccc(C(=O)CC(c2ccccc2)c2ccccc2-c2ccccn2)cc1. The van der Waals surface area contributed by atoms with Gasteiger partial charge in [0.2, 0.25) is 0 Å². The van der Waals surface area contributed by atoms with Gasteiger partial charge in [0, 0.05) is 29.7 Å². The zero-order chi connectivity index (χ0) is 20.8. The Kier molecular flexibility index (Phi) is 6.00. The maximum absolute atomic E-state index is 13.2. The van der Waals surface area contributed by atoms with E-state index in [-0.39, 0.29) is 11.7 Å². The fourth-order valence-electron chi connectivity index (χ4n) is 3.73. The highest BCUT2D eigenvalue weighted by Crippen LogP contribution is 2.35. The van der Waals surface area contributed by atoms with Crippen LogP contribution in [-0.2, 0) is 0 Å². The first-order chi connectivity index (χ1) is 14.8. The third-order valence-corrected chi connectivity index (χ3v) is 5.28. The number of rotatable bonds is 7. The molecule has 0 aliphatic carbocycles. The molecular formula is C27H23NO2. The molecule has 0 radical (unpaired) electrons. The zero-order valence-corrected chi connectivity index (χ0v) is 16.9. The predicted octanol–water partition coefficient (Wildman–Crippen LogP) is 6.16. The van der Waals surface area contributed by atoms with E-state index in [1.807, 2.05) is 72.8 Å². The molecular weight excluding hydrogens is 370 g/mol. The fraction of sp³-hybridized carbons (Fsp3) is 0.111. The molecule has 0 saturated carbocycles. The van der Waals surface area contributed by atoms with Crippen LogP contribution in [0.3, 0.4) is 0 Å². The molecule has 3 heteroatoms. The number of hydrogen-bond acceptors (Lipinski definition) is 3. The van der Waals surface area contributed by atoms with Gasteiger partial charge in [-0.3, -0.25) is 9.78 Å². The van der Waals surface area contributed by atoms with Crippen molar-refractivity contribution in [2.75, 3.05) is 7.11 Å². The Morgan fingerprint density at radius 2 is 1.53 bits per heavy atom. The molecule has 0 spiro atoms. The van der Waals surface area contributed by atoms with Gasteiger partial charge in [0.05, 0.1) is 12.8 Å². The Morgan fingerprint density at radius 3 is 2.23 bits per heavy atom. The predicted molar refractivity (Wildman–Crippen MR) is 120 cm³/mol. The zero-order valence-electron chi connectivity index (χ0n) is 16.9. The Hall–Kier alpha value is -3.72. The van der Waals surface area contributed by atoms with E-state index in [1.165, 1.54) is 0 Å². The molecule has 148 valence electrons. The summed E-state index contributed by atoms with van der Waals surface area (Å²) in [7, 11) is 1.62. The molecule has 0 aliphatic rings. The first-order valence-corrected chi connectivity index (χ1v) is 9.99. The number of carbonyl (C=O) groups excluding carboxylic acids is 1. The molecule has 0 aliphatic heterocycles. The van der Waals surface area contributed by atoms with Gasteiger partial charge in [0.15, 0.2) is 5.78 Å². The van der Waals surface area contributed by atoms with Crippen LogP contribution >= 0.6 is 0 Å². The first-order valence-electron chi connectivity index (χ1n) is 9.99. The lowest BCUT2D eigenvalue weighted by Crippen LogP contribution is -2.10. The van der Waals surface area contributed by atoms with Crippen molar-refractivity contribution in [1.82, 2.24) is 4.98 Å². The molecule has 1 unspecified atom stereocenters. The van der Waals surface area contributed by atoms with Gasteiger partial charge in [-0.25, -0.2) is 0 Å². The molecule has 0 saturated heterocycles. The number of ether oxygens (including phenoxy) is 1. The van der Waals surface area contributed by atoms with E-state index in [1.54, 1.807) is 13.3 Å². The van der Waals surface area contributed by atoms with Crippen molar-refractivity contribution in [1.29, 1.82) is 0 Å². The summed E-state index contributed by atoms with van der Waals surface area (Å²) in [6.45, 7) is 0. The van der Waals surface area contributed by atoms with E-state index in [0.29, 0.717) is 12.0 Å². The number of carbonyl (C=O) groups is 1. The Morgan fingerprint density at radius 1 is 0.833 bits per heavy atom. The molecule has 3 nitrogen and oxygen atoms in total. The molecule has 1 atom stereocenters. The third-order valence-electron chi connectivity index (χ3n) is 5.28. The Bertz CT molecular complexity index is 1110. The largest absolute Gasteiger partial charge is 0.497 e. The molecule has 30 heavy (non-hydrogen) atoms. The van der Waals surface area contributed by atoms with Crippen LogP contribution < -0.4 is 4.74 Å². The van der Waals surface area contributed by atoms with Crippen molar-refractivity contribution >= 4 is 5.78 Å². The number of ketones is 1. The maximum atomic E-state index is 13.2. The third kappa shape index (κ3) is 4.31. The second-order valence-corrected chi connectivity index (χ2v) is 7.12. The monoisotopic (exact) mass is 393 g/mol. The van der Waals surface area contributed by atoms with E-state index < -0.39 is 0 Å². The van der Waals surface area contributed by atoms with Gasteiger partial charge in [-0.15, -0.1) is 0 Å². The Balaban J connectivity index is 1.74. The van der Waals surface area contributed by atoms with Gasteiger partial charge in [-0.05, 0) is 47.5 Å². The molecule has 4 rings (SSSR count). The lowest BCUT2D eigenvalue weighted by atomic mass is 9.83. The second-order valence-electron chi connectivity index (χ2n) is 7.12. The number of nitrogens with zero attached hydrogens (tertiary/aromatic N) is 1. The van der Waals surface area contributed by atoms with Gasteiger partial charge in [0.25, 0.3) is 0 Å². The summed E-state index contributed by atoms with van der Waals surface area (Å²) in [6, 6.07) is 31.6. The summed E-state index contributed by atoms with van der Waals surface area (Å²) in [5.41, 5.74) is 4.86. The Labute approximate surface area is 177 Å². The van der Waals surface area contributed by atoms with Gasteiger partial charge < -0.3 is 4.74 Å². The minimum absolute atomic E-state index is 0.0704. The van der Waals surface area contributed by atoms with Crippen molar-refractivity contribution in [3.05, 3.63) is 120 Å². The molecule has 0 bridgehead atoms. The summed E-state index contributed by atoms with van der Waals surface area (Å²) in [5, 5.41) is 0. The van der Waals surface area contributed by atoms with E-state index >= 15 is 0 Å². The summed E-state index contributed by atoms with van der Waals surface area (Å²) in [4.78, 5) is 17.7. The number of hydrogen-bond donors (Lipinski definition) is 0. The average Bonchev–Trinajstić information content (AvgIpc) is 2.83. The first kappa shape index (κ1) is 19.6. The molecule has 4 aromatic rings. The standard InChI is InChI=1S/C27H23NO2/c1-30-22-16-14-21(15-17-22)27(29)19-25(20-9-3-2-4-10-20)23-11-5-6-12-24(23)26-13-7-8-18-28-26/h2-18,25H,19H2,1H3. The van der Waals surface area contributed by atoms with Crippen LogP contribution in [-0.4, -0.2) is 17.9 Å². The van der Waals surface area contributed by atoms with Crippen molar-refractivity contribution in [3.63, 3.8) is 0 Å². The van der Waals surface area contributed by atoms with Crippen molar-refractivity contribution in [2.24, 2.45) is 0 Å². The highest BCUT2D eigenvalue weighted by Gasteiger charge is 2.22. The summed E-state index contributed by atoms with van der Waals surface area (Å²) < 4.78 is 5.22. The molecule has 0 amide bonds. The van der Waals surface area contributed by atoms with Gasteiger partial charge in [-0.1, -0.05) is 60.7 Å². The van der Waals surface area contributed by atoms with Crippen LogP contribution in [0.15, 0.2) is 103 Å². The smallest absolute Gasteiger partial charge is 0.163 e. The van der Waals surface area contributed by atoms with Gasteiger partial charge in [-0.2, -0.15) is 0 Å². The molecule has 1 aromatic heterocycles. The number of methoxy groups -OCH3 is 1. The fourth-order valence-corrected chi connectivity index (χ4v) is 3.73. The molecule has 0 fully saturated rings. The van der Waals surface area contributed by atoms with Crippen LogP contribution in [0, 0.1) is 0 Å². The normalized spacial score (nSPS) is 11.6. The van der Waals surface area contributed by atoms with Crippen molar-refractivity contribution in [2.45, 2.75) is 12.3 Å². The van der Waals surface area contributed by atoms with E-state index in [0.717, 1.165) is 28.1 Å². The van der Waals surface area contributed by atoms with Crippen LogP contribution in [0.5, 0.6) is 5.75 Å². The number of benzene rings is 3. The van der Waals surface area contributed by atoms with Gasteiger partial charge in [0.1, 0.15) is 5.75 Å². The average molecular weight is 393 g/mol. The minimum atomic E-state index is -0.0704. The molecule has 3 aromatic carbocycles. The molecule has 0 N–H and O–H groups in total. The summed E-state index contributed by atoms with van der Waals surface area (Å²) in [5.74, 6) is 0.771. The van der Waals surface area contributed by atoms with Crippen molar-refractivity contribution < 1.29 is 9.53 Å². The lowest BCUT2D eigenvalue weighted by molar-refractivity contribution is 0.0977. The minimum Gasteiger partial charge on any atom is -0.497 e. The molecule has 1 heterocycles. The quantitative estimate of drug-likeness (QED) is 0.353. The highest BCUT2D eigenvalue weighted by molar-refractivity contribution is 5.97. The van der Waals surface area contributed by atoms with Crippen LogP contribution in [0.4, 0.5) is 0 Å². The summed E-state index contributed by atoms with van der Waals surface area (Å²) >= 11 is 0. The van der Waals surface area contributed by atoms with Crippen LogP contribution in [0.25, 0.3) is 11.3 Å². The van der Waals surface area contributed by atoms with Crippen LogP contribution in [0.2, 0.25) is 0 Å². The van der Waals surface area contributed by atoms with E-state index in [9.17, 15) is 4.79 Å². The van der Waals surface area contributed by atoms with E-state index in [4.69, 9.17) is 4.74 Å². The van der Waals surface area contributed by atoms with E-state index in [2.05, 4.69) is 29.2 Å². The highest BCUT2D eigenvalue weighted by atomic mass is 16.5. The topological polar surface area (TPSA) is 39.2 Å². The van der Waals surface area contributed by atoms with Crippen molar-refractivity contribution in [3.8, 4) is 17.0 Å². The number of pyridine rings is 1. The number of Topliss-reactive ketones (excluding diaryl/α,β-unsaturated/α-hetero) is 1. The maximum Gasteiger partial charge on any atom is 0.163 e. The summed E-state index contributed by atoms with van der Waals surface area (Å²) in [6.07, 6.45) is 2.17.